The minimum Gasteiger partial charge on any atom is -0.384 e. The Kier molecular flexibility index (Phi) is 3.91. The van der Waals surface area contributed by atoms with Gasteiger partial charge in [0.25, 0.3) is 0 Å². The fraction of sp³-hybridized carbons (Fsp3) is 0.615. The van der Waals surface area contributed by atoms with Gasteiger partial charge in [-0.15, -0.1) is 0 Å². The second kappa shape index (κ2) is 5.44. The van der Waals surface area contributed by atoms with Gasteiger partial charge >= 0.3 is 0 Å². The quantitative estimate of drug-likeness (QED) is 0.750. The van der Waals surface area contributed by atoms with Crippen LogP contribution in [0.25, 0.3) is 0 Å². The third-order valence-electron chi connectivity index (χ3n) is 3.23. The van der Waals surface area contributed by atoms with Gasteiger partial charge in [-0.05, 0) is 27.3 Å². The molecule has 1 aromatic heterocycles. The van der Waals surface area contributed by atoms with Crippen LogP contribution in [0, 0.1) is 0 Å². The number of nitrogens with zero attached hydrogens (tertiary/aromatic N) is 2. The van der Waals surface area contributed by atoms with Gasteiger partial charge < -0.3 is 21.3 Å². The topological polar surface area (TPSA) is 66.2 Å². The summed E-state index contributed by atoms with van der Waals surface area (Å²) in [5, 5.41) is 6.62. The van der Waals surface area contributed by atoms with Crippen molar-refractivity contribution in [2.75, 3.05) is 36.1 Å². The van der Waals surface area contributed by atoms with E-state index in [0.717, 1.165) is 24.6 Å². The van der Waals surface area contributed by atoms with E-state index in [-0.39, 0.29) is 0 Å². The Morgan fingerprint density at radius 2 is 2.22 bits per heavy atom. The Bertz CT molecular complexity index is 404. The van der Waals surface area contributed by atoms with E-state index in [1.807, 2.05) is 13.1 Å². The first-order valence-corrected chi connectivity index (χ1v) is 6.55. The van der Waals surface area contributed by atoms with E-state index in [1.54, 1.807) is 0 Å². The lowest BCUT2D eigenvalue weighted by Gasteiger charge is -2.20. The number of anilines is 3. The maximum Gasteiger partial charge on any atom is 0.130 e. The van der Waals surface area contributed by atoms with Gasteiger partial charge in [-0.3, -0.25) is 0 Å². The third kappa shape index (κ3) is 3.04. The summed E-state index contributed by atoms with van der Waals surface area (Å²) in [6.07, 6.45) is 1.17. The first-order valence-electron chi connectivity index (χ1n) is 6.55. The van der Waals surface area contributed by atoms with Crippen LogP contribution in [0.2, 0.25) is 0 Å². The monoisotopic (exact) mass is 249 g/mol. The van der Waals surface area contributed by atoms with E-state index >= 15 is 0 Å². The third-order valence-corrected chi connectivity index (χ3v) is 3.23. The molecule has 18 heavy (non-hydrogen) atoms. The van der Waals surface area contributed by atoms with Crippen LogP contribution in [0.15, 0.2) is 12.1 Å². The number of rotatable bonds is 4. The molecule has 2 rings (SSSR count). The summed E-state index contributed by atoms with van der Waals surface area (Å²) in [6, 6.07) is 4.95. The highest BCUT2D eigenvalue weighted by molar-refractivity contribution is 5.61. The van der Waals surface area contributed by atoms with Gasteiger partial charge in [0.2, 0.25) is 0 Å². The minimum absolute atomic E-state index is 0.357. The van der Waals surface area contributed by atoms with Crippen LogP contribution in [-0.4, -0.2) is 37.2 Å². The molecule has 5 nitrogen and oxygen atoms in total. The molecule has 0 amide bonds. The highest BCUT2D eigenvalue weighted by Gasteiger charge is 2.21. The zero-order valence-electron chi connectivity index (χ0n) is 11.4. The molecule has 0 bridgehead atoms. The summed E-state index contributed by atoms with van der Waals surface area (Å²) < 4.78 is 0. The summed E-state index contributed by atoms with van der Waals surface area (Å²) >= 11 is 0. The Hall–Kier alpha value is -1.49. The molecule has 4 N–H and O–H groups in total. The van der Waals surface area contributed by atoms with Crippen LogP contribution in [0.3, 0.4) is 0 Å². The van der Waals surface area contributed by atoms with Crippen molar-refractivity contribution in [2.24, 2.45) is 0 Å². The summed E-state index contributed by atoms with van der Waals surface area (Å²) in [4.78, 5) is 6.66. The maximum atomic E-state index is 5.88. The van der Waals surface area contributed by atoms with Crippen molar-refractivity contribution in [3.63, 3.8) is 0 Å². The number of pyridine rings is 1. The number of nitrogens with one attached hydrogen (secondary N) is 2. The van der Waals surface area contributed by atoms with Crippen molar-refractivity contribution < 1.29 is 0 Å². The van der Waals surface area contributed by atoms with E-state index in [2.05, 4.69) is 40.4 Å². The average molecular weight is 249 g/mol. The Morgan fingerprint density at radius 1 is 1.44 bits per heavy atom. The number of hydrogen-bond acceptors (Lipinski definition) is 5. The molecular formula is C13H23N5. The molecule has 0 saturated carbocycles. The van der Waals surface area contributed by atoms with Crippen LogP contribution in [-0.2, 0) is 0 Å². The van der Waals surface area contributed by atoms with Crippen molar-refractivity contribution in [1.82, 2.24) is 10.3 Å². The molecule has 1 aromatic rings. The van der Waals surface area contributed by atoms with Crippen molar-refractivity contribution in [3.05, 3.63) is 12.1 Å². The van der Waals surface area contributed by atoms with Crippen LogP contribution in [0.5, 0.6) is 0 Å². The van der Waals surface area contributed by atoms with Crippen molar-refractivity contribution in [3.8, 4) is 0 Å². The summed E-state index contributed by atoms with van der Waals surface area (Å²) in [5.74, 6) is 1.43. The van der Waals surface area contributed by atoms with Gasteiger partial charge in [-0.1, -0.05) is 0 Å². The second-order valence-corrected chi connectivity index (χ2v) is 5.15. The lowest BCUT2D eigenvalue weighted by atomic mass is 10.3. The molecule has 0 radical (unpaired) electrons. The Labute approximate surface area is 109 Å². The number of aromatic nitrogens is 1. The molecule has 1 saturated heterocycles. The molecule has 100 valence electrons. The zero-order valence-corrected chi connectivity index (χ0v) is 11.4. The van der Waals surface area contributed by atoms with Gasteiger partial charge in [0.15, 0.2) is 0 Å². The smallest absolute Gasteiger partial charge is 0.130 e. The van der Waals surface area contributed by atoms with Crippen molar-refractivity contribution in [1.29, 1.82) is 0 Å². The van der Waals surface area contributed by atoms with Crippen molar-refractivity contribution >= 4 is 17.3 Å². The predicted octanol–water partition coefficient (Wildman–Crippen LogP) is 1.28. The molecule has 1 fully saturated rings. The standard InChI is InChI=1S/C13H23N5/c1-9(2)16-13-7-11(6-12(14)17-13)18-5-4-10(8-18)15-3/h6-7,9-10,15H,4-5,8H2,1-3H3,(H3,14,16,17)/t10-/m1/s1. The Morgan fingerprint density at radius 3 is 2.83 bits per heavy atom. The lowest BCUT2D eigenvalue weighted by Crippen LogP contribution is -2.29. The molecule has 1 aliphatic rings. The van der Waals surface area contributed by atoms with Gasteiger partial charge in [0.1, 0.15) is 11.6 Å². The maximum absolute atomic E-state index is 5.88. The van der Waals surface area contributed by atoms with E-state index in [0.29, 0.717) is 17.9 Å². The zero-order chi connectivity index (χ0) is 13.1. The number of likely N-dealkylation sites (N-methyl/N-ethyl adjacent to an activating group) is 1. The summed E-state index contributed by atoms with van der Waals surface area (Å²) in [6.45, 7) is 6.28. The van der Waals surface area contributed by atoms with E-state index in [1.165, 1.54) is 6.42 Å². The van der Waals surface area contributed by atoms with E-state index < -0.39 is 0 Å². The molecule has 0 spiro atoms. The van der Waals surface area contributed by atoms with E-state index in [4.69, 9.17) is 5.73 Å². The molecule has 0 unspecified atom stereocenters. The van der Waals surface area contributed by atoms with Crippen LogP contribution in [0.1, 0.15) is 20.3 Å². The Balaban J connectivity index is 2.15. The normalized spacial score (nSPS) is 19.6. The van der Waals surface area contributed by atoms with Crippen LogP contribution in [0.4, 0.5) is 17.3 Å². The number of nitrogens with two attached hydrogens (primary N) is 1. The molecule has 1 atom stereocenters. The van der Waals surface area contributed by atoms with Crippen LogP contribution >= 0.6 is 0 Å². The molecule has 2 heterocycles. The molecular weight excluding hydrogens is 226 g/mol. The number of hydrogen-bond donors (Lipinski definition) is 3. The van der Waals surface area contributed by atoms with Crippen LogP contribution < -0.4 is 21.3 Å². The van der Waals surface area contributed by atoms with Gasteiger partial charge in [0.05, 0.1) is 0 Å². The average Bonchev–Trinajstić information content (AvgIpc) is 2.75. The minimum atomic E-state index is 0.357. The van der Waals surface area contributed by atoms with Gasteiger partial charge in [0, 0.05) is 43.0 Å². The van der Waals surface area contributed by atoms with Crippen molar-refractivity contribution in [2.45, 2.75) is 32.4 Å². The first kappa shape index (κ1) is 13.0. The van der Waals surface area contributed by atoms with Gasteiger partial charge in [-0.25, -0.2) is 4.98 Å². The highest BCUT2D eigenvalue weighted by Crippen LogP contribution is 2.24. The van der Waals surface area contributed by atoms with E-state index in [9.17, 15) is 0 Å². The lowest BCUT2D eigenvalue weighted by molar-refractivity contribution is 0.617. The SMILES string of the molecule is CN[C@@H]1CCN(c2cc(N)nc(NC(C)C)c2)C1. The largest absolute Gasteiger partial charge is 0.384 e. The fourth-order valence-corrected chi connectivity index (χ4v) is 2.32. The molecule has 0 aromatic carbocycles. The summed E-state index contributed by atoms with van der Waals surface area (Å²) in [7, 11) is 2.01. The fourth-order valence-electron chi connectivity index (χ4n) is 2.32. The molecule has 1 aliphatic heterocycles. The molecule has 5 heteroatoms. The highest BCUT2D eigenvalue weighted by atomic mass is 15.2. The number of nitrogen functional groups attached to an aromatic ring is 1. The summed E-state index contributed by atoms with van der Waals surface area (Å²) in [5.41, 5.74) is 7.03. The molecule has 0 aliphatic carbocycles. The second-order valence-electron chi connectivity index (χ2n) is 5.15. The van der Waals surface area contributed by atoms with Gasteiger partial charge in [-0.2, -0.15) is 0 Å². The first-order chi connectivity index (χ1) is 8.58. The predicted molar refractivity (Wildman–Crippen MR) is 77.1 cm³/mol.